The van der Waals surface area contributed by atoms with Gasteiger partial charge >= 0.3 is 5.97 Å². The van der Waals surface area contributed by atoms with Gasteiger partial charge in [0.25, 0.3) is 0 Å². The Labute approximate surface area is 125 Å². The van der Waals surface area contributed by atoms with Gasteiger partial charge < -0.3 is 9.15 Å². The minimum absolute atomic E-state index is 0.00182. The third-order valence-corrected chi connectivity index (χ3v) is 2.70. The quantitative estimate of drug-likeness (QED) is 0.614. The van der Waals surface area contributed by atoms with E-state index in [2.05, 4.69) is 10.2 Å². The highest BCUT2D eigenvalue weighted by Gasteiger charge is 2.19. The molecule has 0 saturated heterocycles. The number of ether oxygens (including phenoxy) is 1. The molecule has 0 radical (unpaired) electrons. The van der Waals surface area contributed by atoms with Crippen LogP contribution >= 0.6 is 0 Å². The molecule has 0 aliphatic heterocycles. The van der Waals surface area contributed by atoms with E-state index >= 15 is 0 Å². The fraction of sp³-hybridized carbons (Fsp3) is 0.400. The fourth-order valence-electron chi connectivity index (χ4n) is 1.81. The van der Waals surface area contributed by atoms with Crippen molar-refractivity contribution in [2.45, 2.75) is 39.2 Å². The summed E-state index contributed by atoms with van der Waals surface area (Å²) in [5.74, 6) is 0.414. The number of hydrogen-bond acceptors (Lipinski definition) is 5. The molecule has 0 amide bonds. The molecule has 110 valence electrons. The number of rotatable bonds is 4. The second kappa shape index (κ2) is 6.12. The molecule has 5 nitrogen and oxygen atoms in total. The van der Waals surface area contributed by atoms with Gasteiger partial charge in [-0.15, -0.1) is 10.2 Å². The van der Waals surface area contributed by atoms with E-state index in [4.69, 9.17) is 9.15 Å². The van der Waals surface area contributed by atoms with E-state index < -0.39 is 5.60 Å². The van der Waals surface area contributed by atoms with Gasteiger partial charge in [0.05, 0.1) is 6.42 Å². The van der Waals surface area contributed by atoms with E-state index in [0.29, 0.717) is 12.3 Å². The van der Waals surface area contributed by atoms with Crippen LogP contribution in [0.1, 0.15) is 38.1 Å². The Bertz CT molecular complexity index is 615. The first kappa shape index (κ1) is 15.3. The molecular formula is C15H19BN2O3. The van der Waals surface area contributed by atoms with Crippen molar-refractivity contribution in [3.8, 4) is 0 Å². The summed E-state index contributed by atoms with van der Waals surface area (Å²) in [6.07, 6.45) is 0.555. The molecule has 2 aromatic rings. The third-order valence-electron chi connectivity index (χ3n) is 2.70. The van der Waals surface area contributed by atoms with Crippen molar-refractivity contribution in [3.05, 3.63) is 41.6 Å². The molecule has 0 N–H and O–H groups in total. The van der Waals surface area contributed by atoms with E-state index in [-0.39, 0.29) is 18.3 Å². The SMILES string of the molecule is Bc1ccc(Cc2nnc(CC(=O)OC(C)(C)C)o2)cc1. The Morgan fingerprint density at radius 3 is 2.43 bits per heavy atom. The first-order chi connectivity index (χ1) is 9.82. The van der Waals surface area contributed by atoms with Gasteiger partial charge in [-0.3, -0.25) is 4.79 Å². The Hall–Kier alpha value is -2.11. The van der Waals surface area contributed by atoms with Crippen LogP contribution in [0.15, 0.2) is 28.7 Å². The van der Waals surface area contributed by atoms with Crippen molar-refractivity contribution in [2.24, 2.45) is 0 Å². The molecule has 0 spiro atoms. The molecule has 0 bridgehead atoms. The number of benzene rings is 1. The van der Waals surface area contributed by atoms with E-state index in [0.717, 1.165) is 5.56 Å². The van der Waals surface area contributed by atoms with E-state index in [9.17, 15) is 4.79 Å². The van der Waals surface area contributed by atoms with Gasteiger partial charge in [0.15, 0.2) is 0 Å². The highest BCUT2D eigenvalue weighted by atomic mass is 16.6. The lowest BCUT2D eigenvalue weighted by Gasteiger charge is -2.18. The summed E-state index contributed by atoms with van der Waals surface area (Å²) in [5, 5.41) is 7.84. The van der Waals surface area contributed by atoms with Crippen LogP contribution in [-0.2, 0) is 22.4 Å². The molecule has 0 fully saturated rings. The summed E-state index contributed by atoms with van der Waals surface area (Å²) in [6.45, 7) is 5.46. The zero-order chi connectivity index (χ0) is 15.5. The number of carbonyl (C=O) groups excluding carboxylic acids is 1. The minimum atomic E-state index is -0.512. The largest absolute Gasteiger partial charge is 0.460 e. The summed E-state index contributed by atoms with van der Waals surface area (Å²) in [5.41, 5.74) is 1.78. The van der Waals surface area contributed by atoms with Crippen LogP contribution in [0.25, 0.3) is 0 Å². The maximum Gasteiger partial charge on any atom is 0.315 e. The number of carbonyl (C=O) groups is 1. The van der Waals surface area contributed by atoms with Gasteiger partial charge in [-0.25, -0.2) is 0 Å². The van der Waals surface area contributed by atoms with Crippen molar-refractivity contribution in [1.29, 1.82) is 0 Å². The van der Waals surface area contributed by atoms with Crippen LogP contribution in [0.4, 0.5) is 0 Å². The molecule has 1 aromatic carbocycles. The highest BCUT2D eigenvalue weighted by Crippen LogP contribution is 2.11. The van der Waals surface area contributed by atoms with Crippen LogP contribution in [0.5, 0.6) is 0 Å². The lowest BCUT2D eigenvalue weighted by atomic mass is 9.95. The molecule has 0 atom stereocenters. The highest BCUT2D eigenvalue weighted by molar-refractivity contribution is 6.32. The number of nitrogens with zero attached hydrogens (tertiary/aromatic N) is 2. The van der Waals surface area contributed by atoms with Crippen LogP contribution in [0.2, 0.25) is 0 Å². The second-order valence-corrected chi connectivity index (χ2v) is 6.02. The van der Waals surface area contributed by atoms with E-state index in [1.807, 2.05) is 52.9 Å². The van der Waals surface area contributed by atoms with Crippen molar-refractivity contribution >= 4 is 19.3 Å². The first-order valence-electron chi connectivity index (χ1n) is 6.90. The van der Waals surface area contributed by atoms with Crippen LogP contribution in [0, 0.1) is 0 Å². The Balaban J connectivity index is 1.95. The standard InChI is InChI=1S/C15H19BN2O3/c1-15(2,3)21-14(19)9-13-18-17-12(20-13)8-10-4-6-11(16)7-5-10/h4-7H,8-9,16H2,1-3H3. The van der Waals surface area contributed by atoms with Gasteiger partial charge in [-0.2, -0.15) is 0 Å². The summed E-state index contributed by atoms with van der Waals surface area (Å²) in [6, 6.07) is 8.11. The predicted molar refractivity (Wildman–Crippen MR) is 81.3 cm³/mol. The Morgan fingerprint density at radius 1 is 1.19 bits per heavy atom. The molecule has 6 heteroatoms. The molecule has 0 aliphatic rings. The monoisotopic (exact) mass is 286 g/mol. The van der Waals surface area contributed by atoms with Crippen LogP contribution in [0.3, 0.4) is 0 Å². The molecule has 0 aliphatic carbocycles. The Kier molecular flexibility index (Phi) is 4.45. The van der Waals surface area contributed by atoms with Gasteiger partial charge in [0.2, 0.25) is 11.8 Å². The van der Waals surface area contributed by atoms with Crippen molar-refractivity contribution < 1.29 is 13.9 Å². The second-order valence-electron chi connectivity index (χ2n) is 6.02. The van der Waals surface area contributed by atoms with E-state index in [1.165, 1.54) is 5.46 Å². The molecule has 21 heavy (non-hydrogen) atoms. The van der Waals surface area contributed by atoms with Crippen LogP contribution in [-0.4, -0.2) is 29.6 Å². The molecule has 2 rings (SSSR count). The third kappa shape index (κ3) is 5.06. The zero-order valence-corrected chi connectivity index (χ0v) is 12.8. The average Bonchev–Trinajstić information content (AvgIpc) is 2.77. The lowest BCUT2D eigenvalue weighted by Crippen LogP contribution is -2.24. The zero-order valence-electron chi connectivity index (χ0n) is 12.8. The van der Waals surface area contributed by atoms with Crippen LogP contribution < -0.4 is 5.46 Å². The predicted octanol–water partition coefficient (Wildman–Crippen LogP) is 0.803. The van der Waals surface area contributed by atoms with Crippen molar-refractivity contribution in [3.63, 3.8) is 0 Å². The van der Waals surface area contributed by atoms with E-state index in [1.54, 1.807) is 0 Å². The maximum absolute atomic E-state index is 11.7. The topological polar surface area (TPSA) is 65.2 Å². The molecule has 0 unspecified atom stereocenters. The summed E-state index contributed by atoms with van der Waals surface area (Å²) >= 11 is 0. The van der Waals surface area contributed by atoms with Gasteiger partial charge in [-0.05, 0) is 26.3 Å². The smallest absolute Gasteiger partial charge is 0.315 e. The average molecular weight is 286 g/mol. The number of aromatic nitrogens is 2. The number of esters is 1. The molecule has 0 saturated carbocycles. The molecule has 1 heterocycles. The van der Waals surface area contributed by atoms with Crippen molar-refractivity contribution in [2.75, 3.05) is 0 Å². The number of hydrogen-bond donors (Lipinski definition) is 0. The summed E-state index contributed by atoms with van der Waals surface area (Å²) in [7, 11) is 2.04. The molecular weight excluding hydrogens is 267 g/mol. The first-order valence-corrected chi connectivity index (χ1v) is 6.90. The van der Waals surface area contributed by atoms with Gasteiger partial charge in [0.1, 0.15) is 19.9 Å². The molecule has 1 aromatic heterocycles. The van der Waals surface area contributed by atoms with Crippen molar-refractivity contribution in [1.82, 2.24) is 10.2 Å². The van der Waals surface area contributed by atoms with Gasteiger partial charge in [-0.1, -0.05) is 29.7 Å². The fourth-order valence-corrected chi connectivity index (χ4v) is 1.81. The van der Waals surface area contributed by atoms with Gasteiger partial charge in [0, 0.05) is 0 Å². The summed E-state index contributed by atoms with van der Waals surface area (Å²) < 4.78 is 10.7. The summed E-state index contributed by atoms with van der Waals surface area (Å²) in [4.78, 5) is 11.7. The minimum Gasteiger partial charge on any atom is -0.460 e. The maximum atomic E-state index is 11.7. The lowest BCUT2D eigenvalue weighted by molar-refractivity contribution is -0.154. The Morgan fingerprint density at radius 2 is 1.81 bits per heavy atom. The normalized spacial score (nSPS) is 11.4.